The highest BCUT2D eigenvalue weighted by Gasteiger charge is 2.45. The van der Waals surface area contributed by atoms with Crippen LogP contribution < -0.4 is 10.1 Å². The van der Waals surface area contributed by atoms with Gasteiger partial charge in [-0.3, -0.25) is 19.2 Å². The van der Waals surface area contributed by atoms with Gasteiger partial charge in [-0.05, 0) is 33.3 Å². The molecule has 14 nitrogen and oxygen atoms in total. The maximum atomic E-state index is 14.0. The Bertz CT molecular complexity index is 1870. The van der Waals surface area contributed by atoms with Gasteiger partial charge in [0.2, 0.25) is 6.79 Å². The maximum Gasteiger partial charge on any atom is 0.313 e. The van der Waals surface area contributed by atoms with E-state index in [4.69, 9.17) is 18.9 Å². The first kappa shape index (κ1) is 42.0. The molecule has 0 spiro atoms. The fourth-order valence-corrected chi connectivity index (χ4v) is 7.22. The number of phenolic OH excluding ortho intramolecular Hbond substituents is 1. The van der Waals surface area contributed by atoms with Gasteiger partial charge in [-0.15, -0.1) is 0 Å². The van der Waals surface area contributed by atoms with Crippen LogP contribution in [-0.4, -0.2) is 87.5 Å². The molecule has 4 bridgehead atoms. The zero-order valence-corrected chi connectivity index (χ0v) is 32.2. The monoisotopic (exact) mass is 753 g/mol. The summed E-state index contributed by atoms with van der Waals surface area (Å²) in [6, 6.07) is 0. The molecule has 1 aromatic rings. The summed E-state index contributed by atoms with van der Waals surface area (Å²) in [5.41, 5.74) is 0.550. The Labute approximate surface area is 314 Å². The number of hydrogen-bond acceptors (Lipinski definition) is 13. The number of nitrogens with one attached hydrogen (secondary N) is 1. The normalized spacial score (nSPS) is 29.8. The molecule has 5 rings (SSSR count). The molecular formula is C40H51NO13. The van der Waals surface area contributed by atoms with Crippen molar-refractivity contribution in [2.45, 2.75) is 86.7 Å². The number of aliphatic hydroxyl groups excluding tert-OH is 4. The van der Waals surface area contributed by atoms with Gasteiger partial charge < -0.3 is 49.8 Å². The first-order valence-corrected chi connectivity index (χ1v) is 17.8. The zero-order chi connectivity index (χ0) is 40.5. The molecule has 0 aromatic heterocycles. The standard InChI is InChI=1S/C40H51NO13/c1-16-12-11-13-17(2)39(49)41-29-20(5)38(54-24(9)42)25-26(35(29)48)34(47)23(8)37-27(25)36(52-15-53-37)19(4)14-18(3)31(44)22(7)33(46)28(40(50)51-10)32(45)21(6)30(16)43/h11-14,16,18,21-22,28,30-33,43-46,48H,15H2,1-10H3,(H,41,49)/t16-,18+,21-,22+,28-,30-,31+,32-,33+/m1/s1. The molecule has 14 heteroatoms. The van der Waals surface area contributed by atoms with Crippen molar-refractivity contribution < 1.29 is 63.7 Å². The van der Waals surface area contributed by atoms with Gasteiger partial charge in [0.15, 0.2) is 11.5 Å². The summed E-state index contributed by atoms with van der Waals surface area (Å²) in [6.45, 7) is 13.4. The van der Waals surface area contributed by atoms with E-state index < -0.39 is 83.4 Å². The van der Waals surface area contributed by atoms with Gasteiger partial charge in [0.25, 0.3) is 5.91 Å². The van der Waals surface area contributed by atoms with Crippen LogP contribution in [0.15, 0.2) is 52.5 Å². The largest absolute Gasteiger partial charge is 0.505 e. The number of allylic oxidation sites excluding steroid dienone is 5. The van der Waals surface area contributed by atoms with Crippen molar-refractivity contribution >= 4 is 34.9 Å². The number of amides is 1. The lowest BCUT2D eigenvalue weighted by atomic mass is 9.76. The number of ketones is 1. The zero-order valence-electron chi connectivity index (χ0n) is 32.2. The van der Waals surface area contributed by atoms with Crippen LogP contribution in [0.4, 0.5) is 5.69 Å². The summed E-state index contributed by atoms with van der Waals surface area (Å²) >= 11 is 0. The molecule has 0 saturated heterocycles. The number of phenols is 1. The average Bonchev–Trinajstić information content (AvgIpc) is 3.13. The van der Waals surface area contributed by atoms with Crippen LogP contribution in [0.5, 0.6) is 11.5 Å². The van der Waals surface area contributed by atoms with Crippen molar-refractivity contribution in [3.63, 3.8) is 0 Å². The van der Waals surface area contributed by atoms with Crippen LogP contribution in [0.2, 0.25) is 0 Å². The van der Waals surface area contributed by atoms with Gasteiger partial charge in [0, 0.05) is 52.9 Å². The molecular weight excluding hydrogens is 702 g/mol. The summed E-state index contributed by atoms with van der Waals surface area (Å²) in [5, 5.41) is 60.0. The molecule has 4 aliphatic rings. The number of carbonyl (C=O) groups is 4. The Morgan fingerprint density at radius 3 is 1.98 bits per heavy atom. The molecule has 1 aliphatic carbocycles. The number of benzene rings is 1. The number of aromatic hydroxyl groups is 1. The second-order valence-electron chi connectivity index (χ2n) is 14.4. The predicted octanol–water partition coefficient (Wildman–Crippen LogP) is 3.99. The number of methoxy groups -OCH3 is 1. The van der Waals surface area contributed by atoms with Gasteiger partial charge in [0.1, 0.15) is 23.2 Å². The highest BCUT2D eigenvalue weighted by Crippen LogP contribution is 2.53. The molecule has 294 valence electrons. The minimum Gasteiger partial charge on any atom is -0.505 e. The lowest BCUT2D eigenvalue weighted by Gasteiger charge is -2.37. The van der Waals surface area contributed by atoms with Gasteiger partial charge in [-0.2, -0.15) is 0 Å². The fourth-order valence-electron chi connectivity index (χ4n) is 7.22. The van der Waals surface area contributed by atoms with Gasteiger partial charge in [-0.25, -0.2) is 0 Å². The SMILES string of the molecule is COC(=O)[C@@H]1[C@H](O)[C@H](C)[C@H](O)[C@H](C)C=CC=C(C)C(=O)Nc2c(C)c(OC(C)=O)c3c(c2O)C(=O)C(C)=C2OCOC(=C23)C(C)=C[C@H](C)[C@H](O)[C@H](C)[C@@H]1O. The lowest BCUT2D eigenvalue weighted by Crippen LogP contribution is -2.50. The summed E-state index contributed by atoms with van der Waals surface area (Å²) < 4.78 is 22.5. The molecule has 0 fully saturated rings. The van der Waals surface area contributed by atoms with E-state index >= 15 is 0 Å². The third-order valence-corrected chi connectivity index (χ3v) is 10.6. The third kappa shape index (κ3) is 7.88. The van der Waals surface area contributed by atoms with Gasteiger partial charge >= 0.3 is 11.9 Å². The number of Topliss-reactive ketones (excluding diaryl/α,β-unsaturated/α-hetero) is 1. The highest BCUT2D eigenvalue weighted by atomic mass is 16.7. The molecule has 1 amide bonds. The third-order valence-electron chi connectivity index (χ3n) is 10.6. The molecule has 9 atom stereocenters. The number of anilines is 1. The van der Waals surface area contributed by atoms with Crippen LogP contribution in [0, 0.1) is 36.5 Å². The summed E-state index contributed by atoms with van der Waals surface area (Å²) in [4.78, 5) is 53.0. The first-order valence-electron chi connectivity index (χ1n) is 17.8. The fraction of sp³-hybridized carbons (Fsp3) is 0.500. The minimum absolute atomic E-state index is 0.00611. The van der Waals surface area contributed by atoms with E-state index in [1.807, 2.05) is 0 Å². The minimum atomic E-state index is -1.62. The van der Waals surface area contributed by atoms with E-state index in [-0.39, 0.29) is 63.2 Å². The van der Waals surface area contributed by atoms with E-state index in [0.29, 0.717) is 5.57 Å². The number of carbonyl (C=O) groups excluding carboxylic acids is 4. The number of fused-ring (bicyclic) bond motifs is 14. The van der Waals surface area contributed by atoms with Crippen LogP contribution >= 0.6 is 0 Å². The van der Waals surface area contributed by atoms with E-state index in [2.05, 4.69) is 5.32 Å². The first-order chi connectivity index (χ1) is 25.3. The van der Waals surface area contributed by atoms with Crippen LogP contribution in [0.1, 0.15) is 76.9 Å². The van der Waals surface area contributed by atoms with Crippen molar-refractivity contribution in [2.24, 2.45) is 29.6 Å². The van der Waals surface area contributed by atoms with E-state index in [9.17, 15) is 44.7 Å². The van der Waals surface area contributed by atoms with Crippen LogP contribution in [0.25, 0.3) is 5.57 Å². The predicted molar refractivity (Wildman–Crippen MR) is 197 cm³/mol. The van der Waals surface area contributed by atoms with Crippen LogP contribution in [0.3, 0.4) is 0 Å². The van der Waals surface area contributed by atoms with Crippen molar-refractivity contribution in [2.75, 3.05) is 19.2 Å². The lowest BCUT2D eigenvalue weighted by molar-refractivity contribution is -0.164. The van der Waals surface area contributed by atoms with E-state index in [1.165, 1.54) is 46.8 Å². The number of esters is 2. The molecule has 6 N–H and O–H groups in total. The van der Waals surface area contributed by atoms with E-state index in [1.54, 1.807) is 32.9 Å². The smallest absolute Gasteiger partial charge is 0.313 e. The van der Waals surface area contributed by atoms with Crippen molar-refractivity contribution in [3.05, 3.63) is 69.2 Å². The number of rotatable bonds is 2. The van der Waals surface area contributed by atoms with E-state index in [0.717, 1.165) is 14.0 Å². The summed E-state index contributed by atoms with van der Waals surface area (Å²) in [5.74, 6) is -8.30. The number of aliphatic hydroxyl groups is 4. The Morgan fingerprint density at radius 1 is 0.833 bits per heavy atom. The second-order valence-corrected chi connectivity index (χ2v) is 14.4. The molecule has 3 heterocycles. The Kier molecular flexibility index (Phi) is 13.0. The number of hydrogen-bond donors (Lipinski definition) is 6. The molecule has 0 saturated carbocycles. The van der Waals surface area contributed by atoms with Crippen LogP contribution in [-0.2, 0) is 28.6 Å². The van der Waals surface area contributed by atoms with Gasteiger partial charge in [-0.1, -0.05) is 52.0 Å². The Hall–Kier alpha value is -4.76. The van der Waals surface area contributed by atoms with Crippen molar-refractivity contribution in [1.29, 1.82) is 0 Å². The average molecular weight is 754 g/mol. The molecule has 3 aliphatic heterocycles. The molecule has 0 unspecified atom stereocenters. The van der Waals surface area contributed by atoms with Gasteiger partial charge in [0.05, 0.1) is 48.3 Å². The number of ether oxygens (including phenoxy) is 4. The highest BCUT2D eigenvalue weighted by molar-refractivity contribution is 6.21. The Morgan fingerprint density at radius 2 is 1.41 bits per heavy atom. The quantitative estimate of drug-likeness (QED) is 0.143. The maximum absolute atomic E-state index is 14.0. The van der Waals surface area contributed by atoms with Crippen molar-refractivity contribution in [3.8, 4) is 11.5 Å². The van der Waals surface area contributed by atoms with Crippen molar-refractivity contribution in [1.82, 2.24) is 0 Å². The topological polar surface area (TPSA) is 218 Å². The molecule has 1 aromatic carbocycles. The molecule has 0 radical (unpaired) electrons. The summed E-state index contributed by atoms with van der Waals surface area (Å²) in [6.07, 6.45) is 0.456. The second kappa shape index (κ2) is 16.7. The summed E-state index contributed by atoms with van der Waals surface area (Å²) in [7, 11) is 1.11. The molecule has 54 heavy (non-hydrogen) atoms. The Balaban J connectivity index is 2.03.